The number of hydrogen-bond donors (Lipinski definition) is 2. The van der Waals surface area contributed by atoms with Gasteiger partial charge in [0.2, 0.25) is 0 Å². The highest BCUT2D eigenvalue weighted by molar-refractivity contribution is 5.74. The molecule has 0 aliphatic carbocycles. The summed E-state index contributed by atoms with van der Waals surface area (Å²) in [6.07, 6.45) is 1.10. The van der Waals surface area contributed by atoms with Gasteiger partial charge in [-0.15, -0.1) is 0 Å². The summed E-state index contributed by atoms with van der Waals surface area (Å²) in [6.45, 7) is 6.61. The molecule has 0 spiro atoms. The van der Waals surface area contributed by atoms with E-state index in [0.29, 0.717) is 6.04 Å². The summed E-state index contributed by atoms with van der Waals surface area (Å²) in [5.41, 5.74) is 2.21. The van der Waals surface area contributed by atoms with Gasteiger partial charge in [0.25, 0.3) is 0 Å². The number of hydrogen-bond acceptors (Lipinski definition) is 3. The minimum Gasteiger partial charge on any atom is -0.341 e. The number of benzene rings is 1. The minimum atomic E-state index is 0.416. The number of nitrogens with one attached hydrogen (secondary N) is 2. The first-order chi connectivity index (χ1) is 8.88. The van der Waals surface area contributed by atoms with Crippen molar-refractivity contribution in [3.8, 4) is 0 Å². The van der Waals surface area contributed by atoms with E-state index in [1.807, 2.05) is 6.07 Å². The van der Waals surface area contributed by atoms with E-state index in [-0.39, 0.29) is 0 Å². The molecule has 1 fully saturated rings. The van der Waals surface area contributed by atoms with E-state index in [1.165, 1.54) is 0 Å². The molecular weight excluding hydrogens is 224 g/mol. The number of nitrogens with zero attached hydrogens (tertiary/aromatic N) is 2. The number of aromatic amines is 1. The fourth-order valence-corrected chi connectivity index (χ4v) is 2.75. The number of H-pyrrole nitrogens is 1. The molecule has 4 nitrogen and oxygen atoms in total. The summed E-state index contributed by atoms with van der Waals surface area (Å²) >= 11 is 0. The highest BCUT2D eigenvalue weighted by Gasteiger charge is 2.22. The molecule has 0 radical (unpaired) electrons. The summed E-state index contributed by atoms with van der Waals surface area (Å²) in [6, 6.07) is 8.67. The molecule has 1 unspecified atom stereocenters. The quantitative estimate of drug-likeness (QED) is 0.867. The maximum atomic E-state index is 4.74. The molecule has 4 heteroatoms. The third-order valence-corrected chi connectivity index (χ3v) is 3.70. The molecule has 0 bridgehead atoms. The van der Waals surface area contributed by atoms with E-state index in [4.69, 9.17) is 4.98 Å². The molecule has 2 heterocycles. The minimum absolute atomic E-state index is 0.416. The zero-order valence-electron chi connectivity index (χ0n) is 10.8. The number of fused-ring (bicyclic) bond motifs is 1. The third-order valence-electron chi connectivity index (χ3n) is 3.70. The van der Waals surface area contributed by atoms with Gasteiger partial charge in [0.05, 0.1) is 17.1 Å². The van der Waals surface area contributed by atoms with Gasteiger partial charge in [-0.25, -0.2) is 4.98 Å². The Morgan fingerprint density at radius 3 is 2.78 bits per heavy atom. The molecule has 1 atom stereocenters. The zero-order valence-corrected chi connectivity index (χ0v) is 10.8. The summed E-state index contributed by atoms with van der Waals surface area (Å²) in [5.74, 6) is 1.11. The Hall–Kier alpha value is -1.39. The number of rotatable bonds is 3. The van der Waals surface area contributed by atoms with Crippen molar-refractivity contribution >= 4 is 11.0 Å². The van der Waals surface area contributed by atoms with Gasteiger partial charge in [-0.1, -0.05) is 19.1 Å². The van der Waals surface area contributed by atoms with Gasteiger partial charge in [-0.2, -0.15) is 0 Å². The van der Waals surface area contributed by atoms with Gasteiger partial charge in [-0.3, -0.25) is 4.90 Å². The first-order valence-electron chi connectivity index (χ1n) is 6.78. The van der Waals surface area contributed by atoms with Crippen LogP contribution in [0.15, 0.2) is 24.3 Å². The third kappa shape index (κ3) is 2.13. The lowest BCUT2D eigenvalue weighted by Gasteiger charge is -2.33. The lowest BCUT2D eigenvalue weighted by atomic mass is 10.1. The fourth-order valence-electron chi connectivity index (χ4n) is 2.75. The van der Waals surface area contributed by atoms with Crippen LogP contribution in [-0.4, -0.2) is 41.0 Å². The van der Waals surface area contributed by atoms with Gasteiger partial charge in [0.15, 0.2) is 0 Å². The SMILES string of the molecule is CCC(c1nc2ccccc2[nH]1)N1CCNCC1. The molecule has 2 aromatic rings. The Labute approximate surface area is 107 Å². The lowest BCUT2D eigenvalue weighted by Crippen LogP contribution is -2.45. The topological polar surface area (TPSA) is 44.0 Å². The average Bonchev–Trinajstić information content (AvgIpc) is 2.84. The molecule has 2 N–H and O–H groups in total. The monoisotopic (exact) mass is 244 g/mol. The summed E-state index contributed by atoms with van der Waals surface area (Å²) in [4.78, 5) is 10.7. The molecule has 0 saturated carbocycles. The Morgan fingerprint density at radius 2 is 2.06 bits per heavy atom. The van der Waals surface area contributed by atoms with Crippen molar-refractivity contribution in [1.82, 2.24) is 20.2 Å². The van der Waals surface area contributed by atoms with E-state index in [9.17, 15) is 0 Å². The number of imidazole rings is 1. The Morgan fingerprint density at radius 1 is 1.28 bits per heavy atom. The van der Waals surface area contributed by atoms with E-state index in [2.05, 4.69) is 40.3 Å². The van der Waals surface area contributed by atoms with Crippen molar-refractivity contribution in [2.75, 3.05) is 26.2 Å². The zero-order chi connectivity index (χ0) is 12.4. The van der Waals surface area contributed by atoms with Crippen LogP contribution in [0.2, 0.25) is 0 Å². The van der Waals surface area contributed by atoms with Gasteiger partial charge in [0.1, 0.15) is 5.82 Å². The van der Waals surface area contributed by atoms with Crippen LogP contribution in [0.4, 0.5) is 0 Å². The molecule has 1 aromatic carbocycles. The highest BCUT2D eigenvalue weighted by Crippen LogP contribution is 2.24. The van der Waals surface area contributed by atoms with Crippen LogP contribution in [0.25, 0.3) is 11.0 Å². The van der Waals surface area contributed by atoms with Crippen molar-refractivity contribution in [3.05, 3.63) is 30.1 Å². The molecule has 96 valence electrons. The van der Waals surface area contributed by atoms with Crippen LogP contribution in [0.5, 0.6) is 0 Å². The summed E-state index contributed by atoms with van der Waals surface area (Å²) in [5, 5.41) is 3.40. The van der Waals surface area contributed by atoms with E-state index in [1.54, 1.807) is 0 Å². The van der Waals surface area contributed by atoms with E-state index < -0.39 is 0 Å². The second kappa shape index (κ2) is 5.08. The van der Waals surface area contributed by atoms with Crippen LogP contribution in [0, 0.1) is 0 Å². The Kier molecular flexibility index (Phi) is 3.30. The number of aromatic nitrogens is 2. The maximum Gasteiger partial charge on any atom is 0.124 e. The first kappa shape index (κ1) is 11.7. The second-order valence-electron chi connectivity index (χ2n) is 4.85. The van der Waals surface area contributed by atoms with Gasteiger partial charge >= 0.3 is 0 Å². The molecule has 1 aromatic heterocycles. The number of para-hydroxylation sites is 2. The van der Waals surface area contributed by atoms with Crippen LogP contribution in [0.1, 0.15) is 25.2 Å². The molecule has 18 heavy (non-hydrogen) atoms. The van der Waals surface area contributed by atoms with E-state index >= 15 is 0 Å². The molecule has 0 amide bonds. The Bertz CT molecular complexity index is 480. The molecule has 3 rings (SSSR count). The maximum absolute atomic E-state index is 4.74. The first-order valence-corrected chi connectivity index (χ1v) is 6.78. The normalized spacial score (nSPS) is 19.2. The molecule has 1 saturated heterocycles. The molecule has 1 aliphatic rings. The second-order valence-corrected chi connectivity index (χ2v) is 4.85. The predicted molar refractivity (Wildman–Crippen MR) is 73.6 cm³/mol. The van der Waals surface area contributed by atoms with Crippen molar-refractivity contribution in [3.63, 3.8) is 0 Å². The van der Waals surface area contributed by atoms with Crippen molar-refractivity contribution in [2.24, 2.45) is 0 Å². The Balaban J connectivity index is 1.90. The van der Waals surface area contributed by atoms with Crippen LogP contribution in [-0.2, 0) is 0 Å². The van der Waals surface area contributed by atoms with E-state index in [0.717, 1.165) is 49.5 Å². The smallest absolute Gasteiger partial charge is 0.124 e. The highest BCUT2D eigenvalue weighted by atomic mass is 15.2. The van der Waals surface area contributed by atoms with Crippen LogP contribution in [0.3, 0.4) is 0 Å². The van der Waals surface area contributed by atoms with Crippen molar-refractivity contribution in [1.29, 1.82) is 0 Å². The standard InChI is InChI=1S/C14H20N4/c1-2-13(18-9-7-15-8-10-18)14-16-11-5-3-4-6-12(11)17-14/h3-6,13,15H,2,7-10H2,1H3,(H,16,17). The van der Waals surface area contributed by atoms with Crippen molar-refractivity contribution < 1.29 is 0 Å². The van der Waals surface area contributed by atoms with Crippen LogP contribution >= 0.6 is 0 Å². The molecule has 1 aliphatic heterocycles. The van der Waals surface area contributed by atoms with Gasteiger partial charge in [-0.05, 0) is 18.6 Å². The van der Waals surface area contributed by atoms with Gasteiger partial charge in [0, 0.05) is 26.2 Å². The largest absolute Gasteiger partial charge is 0.341 e. The molecular formula is C14H20N4. The summed E-state index contributed by atoms with van der Waals surface area (Å²) < 4.78 is 0. The predicted octanol–water partition coefficient (Wildman–Crippen LogP) is 1.92. The fraction of sp³-hybridized carbons (Fsp3) is 0.500. The number of piperazine rings is 1. The summed E-state index contributed by atoms with van der Waals surface area (Å²) in [7, 11) is 0. The van der Waals surface area contributed by atoms with Gasteiger partial charge < -0.3 is 10.3 Å². The lowest BCUT2D eigenvalue weighted by molar-refractivity contribution is 0.164. The van der Waals surface area contributed by atoms with Crippen molar-refractivity contribution in [2.45, 2.75) is 19.4 Å². The average molecular weight is 244 g/mol. The van der Waals surface area contributed by atoms with Crippen LogP contribution < -0.4 is 5.32 Å².